The van der Waals surface area contributed by atoms with E-state index in [0.29, 0.717) is 35.6 Å². The molecular weight excluding hydrogens is 306 g/mol. The summed E-state index contributed by atoms with van der Waals surface area (Å²) >= 11 is 0. The molecule has 1 N–H and O–H groups in total. The van der Waals surface area contributed by atoms with Crippen LogP contribution in [0, 0.1) is 5.92 Å². The molecule has 0 saturated carbocycles. The Morgan fingerprint density at radius 2 is 1.75 bits per heavy atom. The molecule has 5 nitrogen and oxygen atoms in total. The van der Waals surface area contributed by atoms with Gasteiger partial charge in [0, 0.05) is 12.0 Å². The number of carbonyl (C=O) groups is 1. The maximum Gasteiger partial charge on any atom is 0.338 e. The molecule has 2 aliphatic rings. The van der Waals surface area contributed by atoms with Gasteiger partial charge in [0.1, 0.15) is 18.1 Å². The Labute approximate surface area is 143 Å². The van der Waals surface area contributed by atoms with Crippen molar-refractivity contribution in [3.63, 3.8) is 0 Å². The van der Waals surface area contributed by atoms with Crippen LogP contribution in [0.4, 0.5) is 0 Å². The van der Waals surface area contributed by atoms with Gasteiger partial charge in [0.2, 0.25) is 0 Å². The lowest BCUT2D eigenvalue weighted by atomic mass is 9.84. The van der Waals surface area contributed by atoms with E-state index in [-0.39, 0.29) is 5.97 Å². The van der Waals surface area contributed by atoms with Gasteiger partial charge in [-0.05, 0) is 44.2 Å². The van der Waals surface area contributed by atoms with Crippen molar-refractivity contribution in [2.45, 2.75) is 38.1 Å². The molecule has 2 aliphatic heterocycles. The number of nitrogens with one attached hydrogen (secondary N) is 1. The molecule has 0 amide bonds. The third-order valence-electron chi connectivity index (χ3n) is 5.44. The van der Waals surface area contributed by atoms with Crippen LogP contribution in [-0.4, -0.2) is 45.9 Å². The fourth-order valence-corrected chi connectivity index (χ4v) is 4.17. The molecule has 3 atom stereocenters. The predicted molar refractivity (Wildman–Crippen MR) is 90.9 cm³/mol. The molecule has 2 saturated heterocycles. The van der Waals surface area contributed by atoms with E-state index < -0.39 is 0 Å². The monoisotopic (exact) mass is 334 g/mol. The van der Waals surface area contributed by atoms with Gasteiger partial charge in [0.05, 0.1) is 38.9 Å². The first-order chi connectivity index (χ1) is 11.7. The fraction of sp³-hybridized carbons (Fsp3) is 0.632. The van der Waals surface area contributed by atoms with Crippen molar-refractivity contribution >= 4 is 5.97 Å². The van der Waals surface area contributed by atoms with E-state index in [9.17, 15) is 4.79 Å². The first-order valence-electron chi connectivity index (χ1n) is 8.96. The lowest BCUT2D eigenvalue weighted by Crippen LogP contribution is -3.18. The van der Waals surface area contributed by atoms with Crippen molar-refractivity contribution in [3.8, 4) is 11.5 Å². The summed E-state index contributed by atoms with van der Waals surface area (Å²) in [6, 6.07) is 5.81. The van der Waals surface area contributed by atoms with E-state index in [2.05, 4.69) is 0 Å². The van der Waals surface area contributed by atoms with Gasteiger partial charge in [0.15, 0.2) is 0 Å². The summed E-state index contributed by atoms with van der Waals surface area (Å²) in [5, 5.41) is 0. The second-order valence-corrected chi connectivity index (χ2v) is 6.86. The summed E-state index contributed by atoms with van der Waals surface area (Å²) in [5.74, 6) is 1.39. The van der Waals surface area contributed by atoms with Crippen molar-refractivity contribution in [2.24, 2.45) is 5.92 Å². The maximum atomic E-state index is 12.4. The average molecular weight is 334 g/mol. The molecule has 0 spiro atoms. The number of fused-ring (bicyclic) bond motifs is 1. The van der Waals surface area contributed by atoms with Crippen LogP contribution in [-0.2, 0) is 4.74 Å². The largest absolute Gasteiger partial charge is 0.497 e. The number of benzene rings is 1. The summed E-state index contributed by atoms with van der Waals surface area (Å²) in [6.07, 6.45) is 6.32. The van der Waals surface area contributed by atoms with Crippen LogP contribution < -0.4 is 14.4 Å². The van der Waals surface area contributed by atoms with Crippen molar-refractivity contribution in [1.29, 1.82) is 0 Å². The van der Waals surface area contributed by atoms with E-state index >= 15 is 0 Å². The summed E-state index contributed by atoms with van der Waals surface area (Å²) < 4.78 is 16.1. The van der Waals surface area contributed by atoms with Crippen molar-refractivity contribution < 1.29 is 23.9 Å². The standard InChI is InChI=1S/C19H27NO4/c1-22-16-10-15(11-17(12-16)23-2)19(21)24-13-14-6-5-9-20-8-4-3-7-18(14)20/h10-12,14,18H,3-9,13H2,1-2H3/p+1/t14-,18-/m1/s1. The second kappa shape index (κ2) is 7.88. The predicted octanol–water partition coefficient (Wildman–Crippen LogP) is 1.71. The minimum atomic E-state index is -0.296. The normalized spacial score (nSPS) is 26.3. The topological polar surface area (TPSA) is 49.2 Å². The molecular formula is C19H28NO4+. The highest BCUT2D eigenvalue weighted by Gasteiger charge is 2.37. The Balaban J connectivity index is 1.62. The minimum absolute atomic E-state index is 0.296. The second-order valence-electron chi connectivity index (χ2n) is 6.86. The van der Waals surface area contributed by atoms with Crippen LogP contribution in [0.15, 0.2) is 18.2 Å². The summed E-state index contributed by atoms with van der Waals surface area (Å²) in [5.41, 5.74) is 0.481. The third-order valence-corrected chi connectivity index (χ3v) is 5.44. The van der Waals surface area contributed by atoms with Gasteiger partial charge in [0.25, 0.3) is 0 Å². The van der Waals surface area contributed by atoms with Crippen molar-refractivity contribution in [2.75, 3.05) is 33.9 Å². The van der Waals surface area contributed by atoms with Gasteiger partial charge in [-0.1, -0.05) is 0 Å². The summed E-state index contributed by atoms with van der Waals surface area (Å²) in [4.78, 5) is 14.2. The van der Waals surface area contributed by atoms with Crippen LogP contribution >= 0.6 is 0 Å². The Bertz CT molecular complexity index is 550. The SMILES string of the molecule is COc1cc(OC)cc(C(=O)OC[C@H]2CCC[NH+]3CCCC[C@H]23)c1. The van der Waals surface area contributed by atoms with E-state index in [0.717, 1.165) is 0 Å². The summed E-state index contributed by atoms with van der Waals surface area (Å²) in [7, 11) is 3.15. The zero-order valence-corrected chi connectivity index (χ0v) is 14.7. The first-order valence-corrected chi connectivity index (χ1v) is 8.96. The maximum absolute atomic E-state index is 12.4. The van der Waals surface area contributed by atoms with Gasteiger partial charge in [-0.25, -0.2) is 4.79 Å². The molecule has 0 radical (unpaired) electrons. The lowest BCUT2D eigenvalue weighted by Gasteiger charge is -2.40. The van der Waals surface area contributed by atoms with E-state index in [1.165, 1.54) is 45.2 Å². The van der Waals surface area contributed by atoms with Crippen LogP contribution in [0.5, 0.6) is 11.5 Å². The Kier molecular flexibility index (Phi) is 5.61. The highest BCUT2D eigenvalue weighted by Crippen LogP contribution is 2.24. The number of esters is 1. The van der Waals surface area contributed by atoms with E-state index in [1.807, 2.05) is 0 Å². The van der Waals surface area contributed by atoms with Crippen LogP contribution in [0.2, 0.25) is 0 Å². The smallest absolute Gasteiger partial charge is 0.338 e. The molecule has 0 bridgehead atoms. The number of piperidine rings is 2. The number of hydrogen-bond acceptors (Lipinski definition) is 4. The lowest BCUT2D eigenvalue weighted by molar-refractivity contribution is -0.940. The molecule has 2 fully saturated rings. The van der Waals surface area contributed by atoms with E-state index in [4.69, 9.17) is 14.2 Å². The van der Waals surface area contributed by atoms with Gasteiger partial charge in [-0.2, -0.15) is 0 Å². The van der Waals surface area contributed by atoms with Crippen LogP contribution in [0.25, 0.3) is 0 Å². The Morgan fingerprint density at radius 1 is 1.04 bits per heavy atom. The molecule has 5 heteroatoms. The molecule has 2 heterocycles. The molecule has 132 valence electrons. The molecule has 0 aromatic heterocycles. The zero-order chi connectivity index (χ0) is 16.9. The molecule has 1 unspecified atom stereocenters. The quantitative estimate of drug-likeness (QED) is 0.833. The minimum Gasteiger partial charge on any atom is -0.497 e. The third kappa shape index (κ3) is 3.83. The number of carbonyl (C=O) groups excluding carboxylic acids is 1. The number of rotatable bonds is 5. The number of hydrogen-bond donors (Lipinski definition) is 1. The Morgan fingerprint density at radius 3 is 2.46 bits per heavy atom. The number of quaternary nitrogens is 1. The molecule has 24 heavy (non-hydrogen) atoms. The van der Waals surface area contributed by atoms with Crippen LogP contribution in [0.1, 0.15) is 42.5 Å². The molecule has 0 aliphatic carbocycles. The highest BCUT2D eigenvalue weighted by atomic mass is 16.5. The fourth-order valence-electron chi connectivity index (χ4n) is 4.17. The average Bonchev–Trinajstić information content (AvgIpc) is 2.65. The van der Waals surface area contributed by atoms with Gasteiger partial charge >= 0.3 is 5.97 Å². The van der Waals surface area contributed by atoms with Gasteiger partial charge in [-0.15, -0.1) is 0 Å². The molecule has 1 aromatic rings. The Hall–Kier alpha value is -1.75. The highest BCUT2D eigenvalue weighted by molar-refractivity contribution is 5.90. The molecule has 3 rings (SSSR count). The number of methoxy groups -OCH3 is 2. The zero-order valence-electron chi connectivity index (χ0n) is 14.7. The van der Waals surface area contributed by atoms with Crippen molar-refractivity contribution in [1.82, 2.24) is 0 Å². The van der Waals surface area contributed by atoms with Gasteiger partial charge < -0.3 is 19.1 Å². The van der Waals surface area contributed by atoms with E-state index in [1.54, 1.807) is 37.3 Å². The number of ether oxygens (including phenoxy) is 3. The van der Waals surface area contributed by atoms with Crippen molar-refractivity contribution in [3.05, 3.63) is 23.8 Å². The summed E-state index contributed by atoms with van der Waals surface area (Å²) in [6.45, 7) is 3.08. The van der Waals surface area contributed by atoms with Gasteiger partial charge in [-0.3, -0.25) is 0 Å². The first kappa shape index (κ1) is 17.1. The van der Waals surface area contributed by atoms with Crippen LogP contribution in [0.3, 0.4) is 0 Å². The molecule has 1 aromatic carbocycles.